The predicted molar refractivity (Wildman–Crippen MR) is 154 cm³/mol. The third-order valence-corrected chi connectivity index (χ3v) is 10.9. The summed E-state index contributed by atoms with van der Waals surface area (Å²) in [4.78, 5) is 20.8. The highest BCUT2D eigenvalue weighted by Crippen LogP contribution is 2.57. The number of rotatable bonds is 9. The summed E-state index contributed by atoms with van der Waals surface area (Å²) in [5.41, 5.74) is 16.2. The van der Waals surface area contributed by atoms with Crippen LogP contribution in [0.2, 0.25) is 0 Å². The lowest BCUT2D eigenvalue weighted by Gasteiger charge is -2.47. The van der Waals surface area contributed by atoms with E-state index in [0.29, 0.717) is 48.3 Å². The van der Waals surface area contributed by atoms with Crippen LogP contribution >= 0.6 is 23.1 Å². The molecule has 0 aliphatic carbocycles. The molecule has 4 aliphatic rings. The van der Waals surface area contributed by atoms with Gasteiger partial charge in [-0.3, -0.25) is 10.7 Å². The first kappa shape index (κ1) is 27.6. The minimum Gasteiger partial charge on any atom is -0.461 e. The molecule has 6 rings (SSSR count). The van der Waals surface area contributed by atoms with Crippen molar-refractivity contribution in [1.82, 2.24) is 25.3 Å². The van der Waals surface area contributed by atoms with Crippen molar-refractivity contribution < 1.29 is 9.13 Å². The number of ether oxygens (including phenoxy) is 1. The average Bonchev–Trinajstić information content (AvgIpc) is 3.64. The van der Waals surface area contributed by atoms with Crippen LogP contribution in [0.15, 0.2) is 11.9 Å². The number of hydrazine groups is 1. The molecule has 2 aromatic heterocycles. The maximum absolute atomic E-state index is 14.3. The first-order valence-electron chi connectivity index (χ1n) is 13.3. The average molecular weight is 599 g/mol. The summed E-state index contributed by atoms with van der Waals surface area (Å²) in [5, 5.41) is 19.8. The fourth-order valence-electron chi connectivity index (χ4n) is 6.42. The van der Waals surface area contributed by atoms with Crippen LogP contribution in [-0.2, 0) is 10.5 Å². The Bertz CT molecular complexity index is 1450. The van der Waals surface area contributed by atoms with Crippen molar-refractivity contribution >= 4 is 40.0 Å². The molecule has 7 N–H and O–H groups in total. The van der Waals surface area contributed by atoms with Gasteiger partial charge in [-0.15, -0.1) is 23.1 Å². The monoisotopic (exact) mass is 598 g/mol. The Kier molecular flexibility index (Phi) is 7.19. The van der Waals surface area contributed by atoms with E-state index in [4.69, 9.17) is 27.0 Å². The Labute approximate surface area is 245 Å². The summed E-state index contributed by atoms with van der Waals surface area (Å²) in [5.74, 6) is 6.81. The molecule has 0 saturated carbocycles. The molecule has 2 aromatic rings. The summed E-state index contributed by atoms with van der Waals surface area (Å²) in [6.07, 6.45) is 2.82. The summed E-state index contributed by atoms with van der Waals surface area (Å²) >= 11 is 3.28. The number of alkyl halides is 1. The Hall–Kier alpha value is -3.57. The third-order valence-electron chi connectivity index (χ3n) is 8.24. The van der Waals surface area contributed by atoms with E-state index < -0.39 is 6.17 Å². The molecule has 16 heteroatoms. The lowest BCUT2D eigenvalue weighted by atomic mass is 9.88. The van der Waals surface area contributed by atoms with Gasteiger partial charge >= 0.3 is 6.01 Å². The number of nitrogens with zero attached hydrogens (tertiary/aromatic N) is 8. The van der Waals surface area contributed by atoms with E-state index in [9.17, 15) is 14.9 Å². The molecular formula is C25H31FN12OS2. The van der Waals surface area contributed by atoms with E-state index >= 15 is 0 Å². The number of nitrogens with two attached hydrogens (primary N) is 3. The molecule has 4 aliphatic heterocycles. The van der Waals surface area contributed by atoms with Gasteiger partial charge < -0.3 is 31.4 Å². The molecule has 13 nitrogen and oxygen atoms in total. The summed E-state index contributed by atoms with van der Waals surface area (Å²) < 4.78 is 20.3. The number of nitriles is 2. The second kappa shape index (κ2) is 10.7. The van der Waals surface area contributed by atoms with Crippen molar-refractivity contribution in [2.45, 2.75) is 41.5 Å². The van der Waals surface area contributed by atoms with Gasteiger partial charge in [-0.05, 0) is 19.4 Å². The number of thiophene rings is 1. The number of thioether (sulfide) groups is 1. The fraction of sp³-hybridized carbons (Fsp3) is 0.560. The van der Waals surface area contributed by atoms with Crippen LogP contribution in [0, 0.1) is 22.7 Å². The lowest BCUT2D eigenvalue weighted by molar-refractivity contribution is 0.107. The maximum atomic E-state index is 14.3. The Morgan fingerprint density at radius 1 is 1.32 bits per heavy atom. The van der Waals surface area contributed by atoms with Gasteiger partial charge in [0.15, 0.2) is 0 Å². The predicted octanol–water partition coefficient (Wildman–Crippen LogP) is 0.898. The van der Waals surface area contributed by atoms with E-state index in [0.717, 1.165) is 35.6 Å². The minimum atomic E-state index is -0.879. The maximum Gasteiger partial charge on any atom is 0.323 e. The van der Waals surface area contributed by atoms with Gasteiger partial charge in [-0.1, -0.05) is 0 Å². The highest BCUT2D eigenvalue weighted by Gasteiger charge is 2.53. The van der Waals surface area contributed by atoms with Gasteiger partial charge in [0.1, 0.15) is 30.4 Å². The van der Waals surface area contributed by atoms with Crippen molar-refractivity contribution in [3.63, 3.8) is 0 Å². The van der Waals surface area contributed by atoms with Crippen LogP contribution in [0.5, 0.6) is 6.01 Å². The fourth-order valence-corrected chi connectivity index (χ4v) is 9.22. The number of halogens is 1. The Balaban J connectivity index is 1.29. The van der Waals surface area contributed by atoms with Crippen LogP contribution in [0.25, 0.3) is 0 Å². The smallest absolute Gasteiger partial charge is 0.323 e. The minimum absolute atomic E-state index is 0.0356. The van der Waals surface area contributed by atoms with Crippen LogP contribution in [0.3, 0.4) is 0 Å². The number of nitrogen functional groups attached to an aromatic ring is 1. The number of nitrogens with one attached hydrogen (secondary N) is 1. The quantitative estimate of drug-likeness (QED) is 0.180. The number of fused-ring (bicyclic) bond motifs is 3. The zero-order valence-corrected chi connectivity index (χ0v) is 24.0. The van der Waals surface area contributed by atoms with Crippen LogP contribution in [-0.4, -0.2) is 77.4 Å². The van der Waals surface area contributed by atoms with Crippen LogP contribution in [0.1, 0.15) is 35.3 Å². The number of aromatic nitrogens is 3. The molecule has 0 amide bonds. The Morgan fingerprint density at radius 2 is 2.15 bits per heavy atom. The molecule has 0 radical (unpaired) electrons. The molecule has 41 heavy (non-hydrogen) atoms. The lowest BCUT2D eigenvalue weighted by Crippen LogP contribution is -2.57. The Morgan fingerprint density at radius 3 is 2.90 bits per heavy atom. The van der Waals surface area contributed by atoms with Crippen molar-refractivity contribution in [3.05, 3.63) is 27.9 Å². The number of hydrogen-bond acceptors (Lipinski definition) is 15. The van der Waals surface area contributed by atoms with Crippen molar-refractivity contribution in [2.24, 2.45) is 11.6 Å². The molecule has 1 unspecified atom stereocenters. The van der Waals surface area contributed by atoms with Gasteiger partial charge in [-0.2, -0.15) is 25.5 Å². The molecule has 216 valence electrons. The van der Waals surface area contributed by atoms with E-state index in [-0.39, 0.29) is 41.9 Å². The first-order valence-corrected chi connectivity index (χ1v) is 15.1. The van der Waals surface area contributed by atoms with Crippen molar-refractivity contribution in [2.75, 3.05) is 61.4 Å². The van der Waals surface area contributed by atoms with Crippen molar-refractivity contribution in [3.8, 4) is 18.1 Å². The van der Waals surface area contributed by atoms with E-state index in [1.54, 1.807) is 16.7 Å². The van der Waals surface area contributed by atoms with E-state index in [2.05, 4.69) is 32.4 Å². The first-order chi connectivity index (χ1) is 19.8. The summed E-state index contributed by atoms with van der Waals surface area (Å²) in [6, 6.07) is 4.52. The molecule has 1 spiro atoms. The highest BCUT2D eigenvalue weighted by atomic mass is 32.2. The van der Waals surface area contributed by atoms with Gasteiger partial charge in [0.25, 0.3) is 0 Å². The van der Waals surface area contributed by atoms with E-state index in [1.165, 1.54) is 17.5 Å². The zero-order valence-electron chi connectivity index (χ0n) is 22.3. The van der Waals surface area contributed by atoms with E-state index in [1.807, 2.05) is 4.90 Å². The molecule has 0 aromatic carbocycles. The number of hydrogen-bond donors (Lipinski definition) is 4. The second-order valence-corrected chi connectivity index (χ2v) is 13.4. The molecule has 3 saturated heterocycles. The van der Waals surface area contributed by atoms with Gasteiger partial charge in [0.2, 0.25) is 11.9 Å². The normalized spacial score (nSPS) is 24.4. The third kappa shape index (κ3) is 4.84. The molecule has 2 atom stereocenters. The largest absolute Gasteiger partial charge is 0.461 e. The molecule has 6 heterocycles. The zero-order chi connectivity index (χ0) is 28.8. The van der Waals surface area contributed by atoms with Crippen molar-refractivity contribution in [1.29, 1.82) is 10.5 Å². The van der Waals surface area contributed by atoms with Gasteiger partial charge in [0, 0.05) is 54.1 Å². The second-order valence-electron chi connectivity index (χ2n) is 10.9. The molecule has 0 bridgehead atoms. The summed E-state index contributed by atoms with van der Waals surface area (Å²) in [6.45, 7) is 2.80. The standard InChI is InChI=1S/C25H31FN12OS2/c26-15-6-24(2-1-4-38(24)9-15)14-39-23-34-21(36(5-3-27)10-16(29)8-32-31)33-22(35-23)37-12-25(13-37)19-17(7-28)20(30)41-18(19)11-40-25/h8,15,32H,1-2,4-6,9-14,29-31H2/b16-8-/t15?,24-/m0/s1. The number of anilines is 3. The SMILES string of the molecule is N#CCN(C/C(N)=C/NN)c1nc(OC[C@@]23CCCN2CC(F)C3)nc(N2CC3(C2)SCc2sc(N)c(C#N)c23)n1. The van der Waals surface area contributed by atoms with Crippen LogP contribution in [0.4, 0.5) is 21.3 Å². The van der Waals surface area contributed by atoms with Gasteiger partial charge in [0.05, 0.1) is 28.5 Å². The summed E-state index contributed by atoms with van der Waals surface area (Å²) in [7, 11) is 0. The van der Waals surface area contributed by atoms with Gasteiger partial charge in [-0.25, -0.2) is 4.39 Å². The molecule has 3 fully saturated rings. The van der Waals surface area contributed by atoms with Crippen LogP contribution < -0.4 is 37.3 Å². The molecular weight excluding hydrogens is 567 g/mol. The highest BCUT2D eigenvalue weighted by molar-refractivity contribution is 8.00. The topological polar surface area (TPSA) is 195 Å².